The summed E-state index contributed by atoms with van der Waals surface area (Å²) in [7, 11) is 0. The van der Waals surface area contributed by atoms with Gasteiger partial charge >= 0.3 is 0 Å². The van der Waals surface area contributed by atoms with Gasteiger partial charge in [0, 0.05) is 16.6 Å². The fourth-order valence-electron chi connectivity index (χ4n) is 2.97. The molecule has 2 heterocycles. The highest BCUT2D eigenvalue weighted by atomic mass is 32.2. The zero-order valence-corrected chi connectivity index (χ0v) is 17.2. The summed E-state index contributed by atoms with van der Waals surface area (Å²) in [6.45, 7) is 6.79. The molecule has 4 N–H and O–H groups in total. The van der Waals surface area contributed by atoms with E-state index in [0.29, 0.717) is 6.42 Å². The zero-order chi connectivity index (χ0) is 19.6. The van der Waals surface area contributed by atoms with Gasteiger partial charge in [-0.15, -0.1) is 16.5 Å². The summed E-state index contributed by atoms with van der Waals surface area (Å²) in [5.74, 6) is -0.188. The fraction of sp³-hybridized carbons (Fsp3) is 0.882. The average Bonchev–Trinajstić information content (AvgIpc) is 2.57. The van der Waals surface area contributed by atoms with Crippen molar-refractivity contribution in [2.75, 3.05) is 6.67 Å². The molecule has 0 saturated carbocycles. The van der Waals surface area contributed by atoms with Crippen molar-refractivity contribution in [2.45, 2.75) is 80.0 Å². The quantitative estimate of drug-likeness (QED) is 0.404. The number of rotatable bonds is 3. The van der Waals surface area contributed by atoms with E-state index in [2.05, 4.69) is 4.72 Å². The summed E-state index contributed by atoms with van der Waals surface area (Å²) < 4.78 is 34.3. The number of aliphatic hydroxyl groups is 3. The minimum absolute atomic E-state index is 0.188. The number of aliphatic hydroxyl groups excluding tert-OH is 3. The van der Waals surface area contributed by atoms with Gasteiger partial charge in [-0.1, -0.05) is 19.1 Å². The molecule has 2 aliphatic heterocycles. The number of allylic oxidation sites excluding steroid dienone is 1. The second kappa shape index (κ2) is 9.09. The number of halogens is 1. The van der Waals surface area contributed by atoms with Gasteiger partial charge in [-0.25, -0.2) is 4.39 Å². The van der Waals surface area contributed by atoms with E-state index in [1.54, 1.807) is 0 Å². The Morgan fingerprint density at radius 1 is 1.27 bits per heavy atom. The van der Waals surface area contributed by atoms with Crippen molar-refractivity contribution in [3.8, 4) is 0 Å². The molecule has 1 fully saturated rings. The predicted octanol–water partition coefficient (Wildman–Crippen LogP) is 0.882. The molecule has 0 radical (unpaired) electrons. The van der Waals surface area contributed by atoms with Gasteiger partial charge in [0.05, 0.1) is 6.04 Å². The van der Waals surface area contributed by atoms with Crippen LogP contribution in [0.25, 0.3) is 0 Å². The van der Waals surface area contributed by atoms with Crippen LogP contribution in [0.4, 0.5) is 4.39 Å². The fourth-order valence-corrected chi connectivity index (χ4v) is 5.10. The SMILES string of the molecule is C[C@@H]1C=CC[C@@H](CF)S[C@H]2O[C@@H]([C@H](O)[C@H](O)[C@H]2O)[C@@H]1N[S@+]([O-])C(C)(C)C. The van der Waals surface area contributed by atoms with Crippen molar-refractivity contribution in [1.82, 2.24) is 4.72 Å². The molecular weight excluding hydrogens is 381 g/mol. The molecule has 9 atom stereocenters. The van der Waals surface area contributed by atoms with Crippen LogP contribution >= 0.6 is 11.8 Å². The summed E-state index contributed by atoms with van der Waals surface area (Å²) in [6, 6.07) is -0.548. The first-order valence-electron chi connectivity index (χ1n) is 8.82. The zero-order valence-electron chi connectivity index (χ0n) is 15.5. The lowest BCUT2D eigenvalue weighted by Crippen LogP contribution is -2.64. The molecule has 2 aliphatic rings. The first kappa shape index (κ1) is 22.4. The molecule has 0 aromatic rings. The third-order valence-electron chi connectivity index (χ3n) is 4.66. The van der Waals surface area contributed by atoms with Gasteiger partial charge in [0.25, 0.3) is 0 Å². The summed E-state index contributed by atoms with van der Waals surface area (Å²) in [5, 5.41) is 30.6. The monoisotopic (exact) mass is 411 g/mol. The lowest BCUT2D eigenvalue weighted by atomic mass is 9.88. The minimum Gasteiger partial charge on any atom is -0.598 e. The highest BCUT2D eigenvalue weighted by molar-refractivity contribution is 8.00. The molecule has 152 valence electrons. The maximum atomic E-state index is 13.3. The largest absolute Gasteiger partial charge is 0.598 e. The van der Waals surface area contributed by atoms with E-state index in [1.807, 2.05) is 39.8 Å². The highest BCUT2D eigenvalue weighted by Crippen LogP contribution is 2.36. The molecule has 0 aromatic carbocycles. The Hall–Kier alpha value is 0.130. The van der Waals surface area contributed by atoms with Gasteiger partial charge in [0.2, 0.25) is 0 Å². The van der Waals surface area contributed by atoms with Gasteiger partial charge in [-0.2, -0.15) is 0 Å². The van der Waals surface area contributed by atoms with E-state index < -0.39 is 63.9 Å². The van der Waals surface area contributed by atoms with Crippen molar-refractivity contribution in [1.29, 1.82) is 0 Å². The molecule has 0 aliphatic carbocycles. The van der Waals surface area contributed by atoms with Crippen molar-refractivity contribution in [3.63, 3.8) is 0 Å². The number of nitrogens with one attached hydrogen (secondary N) is 1. The molecule has 26 heavy (non-hydrogen) atoms. The number of fused-ring (bicyclic) bond motifs is 2. The molecule has 2 bridgehead atoms. The lowest BCUT2D eigenvalue weighted by Gasteiger charge is -2.45. The molecule has 1 saturated heterocycles. The van der Waals surface area contributed by atoms with Crippen LogP contribution in [0.15, 0.2) is 12.2 Å². The molecule has 0 amide bonds. The molecule has 6 nitrogen and oxygen atoms in total. The maximum absolute atomic E-state index is 13.3. The van der Waals surface area contributed by atoms with E-state index in [9.17, 15) is 24.3 Å². The number of alkyl halides is 1. The summed E-state index contributed by atoms with van der Waals surface area (Å²) in [5.41, 5.74) is -0.870. The van der Waals surface area contributed by atoms with E-state index in [1.165, 1.54) is 0 Å². The van der Waals surface area contributed by atoms with Crippen LogP contribution in [-0.2, 0) is 16.1 Å². The van der Waals surface area contributed by atoms with Crippen LogP contribution in [0.5, 0.6) is 0 Å². The Balaban J connectivity index is 2.34. The smallest absolute Gasteiger partial charge is 0.136 e. The Bertz CT molecular complexity index is 492. The summed E-state index contributed by atoms with van der Waals surface area (Å²) in [4.78, 5) is 0. The van der Waals surface area contributed by atoms with Gasteiger partial charge < -0.3 is 24.6 Å². The lowest BCUT2D eigenvalue weighted by molar-refractivity contribution is -0.206. The van der Waals surface area contributed by atoms with Crippen molar-refractivity contribution >= 4 is 23.1 Å². The first-order valence-corrected chi connectivity index (χ1v) is 10.9. The van der Waals surface area contributed by atoms with Crippen LogP contribution in [0.1, 0.15) is 34.1 Å². The molecule has 2 rings (SSSR count). The Labute approximate surface area is 161 Å². The van der Waals surface area contributed by atoms with E-state index >= 15 is 0 Å². The number of hydrogen-bond donors (Lipinski definition) is 4. The number of hydrogen-bond acceptors (Lipinski definition) is 7. The first-order chi connectivity index (χ1) is 12.1. The van der Waals surface area contributed by atoms with E-state index in [0.717, 1.165) is 11.8 Å². The van der Waals surface area contributed by atoms with Crippen molar-refractivity contribution in [2.24, 2.45) is 5.92 Å². The predicted molar refractivity (Wildman–Crippen MR) is 102 cm³/mol. The van der Waals surface area contributed by atoms with Crippen LogP contribution < -0.4 is 4.72 Å². The third kappa shape index (κ3) is 5.14. The molecule has 9 heteroatoms. The molecule has 0 aromatic heterocycles. The van der Waals surface area contributed by atoms with Gasteiger partial charge in [0.15, 0.2) is 0 Å². The van der Waals surface area contributed by atoms with Gasteiger partial charge in [-0.05, 0) is 33.1 Å². The standard InChI is InChI=1S/C17H30FNO5S2/c1-9-6-5-7-10(8-18)25-16-14(22)12(20)13(21)15(24-16)11(9)19-26(23)17(2,3)4/h5-6,9-16,19-22H,7-8H2,1-4H3/t9-,10+,11-,12+,13-,14-,15-,16-,26-/m1/s1. The Kier molecular flexibility index (Phi) is 7.83. The average molecular weight is 412 g/mol. The molecule has 0 spiro atoms. The summed E-state index contributed by atoms with van der Waals surface area (Å²) >= 11 is -0.306. The maximum Gasteiger partial charge on any atom is 0.136 e. The van der Waals surface area contributed by atoms with Crippen molar-refractivity contribution in [3.05, 3.63) is 12.2 Å². The summed E-state index contributed by atoms with van der Waals surface area (Å²) in [6.07, 6.45) is -0.786. The Morgan fingerprint density at radius 2 is 1.92 bits per heavy atom. The second-order valence-corrected chi connectivity index (χ2v) is 11.3. The molecule has 0 unspecified atom stereocenters. The second-order valence-electron chi connectivity index (χ2n) is 7.90. The topological polar surface area (TPSA) is 105 Å². The number of thioether (sulfide) groups is 1. The van der Waals surface area contributed by atoms with E-state index in [-0.39, 0.29) is 5.92 Å². The number of ether oxygens (including phenoxy) is 1. The van der Waals surface area contributed by atoms with Crippen LogP contribution in [0.3, 0.4) is 0 Å². The van der Waals surface area contributed by atoms with Crippen LogP contribution in [-0.4, -0.2) is 72.4 Å². The van der Waals surface area contributed by atoms with Crippen LogP contribution in [0.2, 0.25) is 0 Å². The Morgan fingerprint density at radius 3 is 2.50 bits per heavy atom. The van der Waals surface area contributed by atoms with Gasteiger partial charge in [0.1, 0.15) is 41.3 Å². The normalized spacial score (nSPS) is 43.1. The van der Waals surface area contributed by atoms with E-state index in [4.69, 9.17) is 4.74 Å². The molecular formula is C17H30FNO5S2. The highest BCUT2D eigenvalue weighted by Gasteiger charge is 2.50. The van der Waals surface area contributed by atoms with Crippen molar-refractivity contribution < 1.29 is 29.0 Å². The van der Waals surface area contributed by atoms with Gasteiger partial charge in [-0.3, -0.25) is 0 Å². The third-order valence-corrected chi connectivity index (χ3v) is 7.62. The minimum atomic E-state index is -1.42. The van der Waals surface area contributed by atoms with Crippen LogP contribution in [0, 0.1) is 5.92 Å².